The molecule has 0 aromatic heterocycles. The van der Waals surface area contributed by atoms with Crippen LogP contribution in [0.4, 0.5) is 34.1 Å². The van der Waals surface area contributed by atoms with E-state index in [4.69, 9.17) is 0 Å². The maximum absolute atomic E-state index is 2.41. The first-order valence-electron chi connectivity index (χ1n) is 18.2. The van der Waals surface area contributed by atoms with Crippen molar-refractivity contribution in [3.8, 4) is 11.1 Å². The van der Waals surface area contributed by atoms with Crippen molar-refractivity contribution in [2.24, 2.45) is 0 Å². The van der Waals surface area contributed by atoms with Gasteiger partial charge in [0, 0.05) is 39.5 Å². The highest BCUT2D eigenvalue weighted by atomic mass is 15.1. The number of aryl methyl sites for hydroxylation is 3. The standard InChI is InChI=1S/C50H44N2/c1-35-16-23-42(24-17-35)52(45-31-36(2)30-37(3)32-45)44-27-29-47-46-28-22-39(33-48(46)50(4,5)49(47)34-44)19-18-38-20-25-43(26-21-38)51(40-12-8-6-9-13-40)41-14-10-7-11-15-41/h6-34H,1-5H3/b19-18+. The summed E-state index contributed by atoms with van der Waals surface area (Å²) in [6.45, 7) is 11.2. The summed E-state index contributed by atoms with van der Waals surface area (Å²) in [4.78, 5) is 4.69. The number of hydrogen-bond donors (Lipinski definition) is 0. The van der Waals surface area contributed by atoms with Crippen LogP contribution in [0.3, 0.4) is 0 Å². The van der Waals surface area contributed by atoms with Crippen LogP contribution in [0.1, 0.15) is 52.8 Å². The molecule has 0 aliphatic heterocycles. The Morgan fingerprint density at radius 2 is 0.808 bits per heavy atom. The number of benzene rings is 7. The molecule has 0 saturated heterocycles. The maximum atomic E-state index is 2.41. The smallest absolute Gasteiger partial charge is 0.0466 e. The van der Waals surface area contributed by atoms with Crippen molar-refractivity contribution in [1.29, 1.82) is 0 Å². The van der Waals surface area contributed by atoms with Gasteiger partial charge in [-0.2, -0.15) is 0 Å². The van der Waals surface area contributed by atoms with E-state index in [1.165, 1.54) is 61.4 Å². The van der Waals surface area contributed by atoms with Crippen molar-refractivity contribution in [3.63, 3.8) is 0 Å². The Balaban J connectivity index is 1.09. The molecule has 0 N–H and O–H groups in total. The third kappa shape index (κ3) is 6.33. The summed E-state index contributed by atoms with van der Waals surface area (Å²) < 4.78 is 0. The van der Waals surface area contributed by atoms with Crippen molar-refractivity contribution in [1.82, 2.24) is 0 Å². The zero-order chi connectivity index (χ0) is 35.8. The molecular weight excluding hydrogens is 629 g/mol. The lowest BCUT2D eigenvalue weighted by Crippen LogP contribution is -2.17. The van der Waals surface area contributed by atoms with E-state index in [1.807, 2.05) is 0 Å². The lowest BCUT2D eigenvalue weighted by Gasteiger charge is -2.28. The van der Waals surface area contributed by atoms with Crippen molar-refractivity contribution < 1.29 is 0 Å². The summed E-state index contributed by atoms with van der Waals surface area (Å²) >= 11 is 0. The molecule has 0 atom stereocenters. The Bertz CT molecular complexity index is 2330. The van der Waals surface area contributed by atoms with Gasteiger partial charge in [0.25, 0.3) is 0 Å². The van der Waals surface area contributed by atoms with Gasteiger partial charge in [0.2, 0.25) is 0 Å². The van der Waals surface area contributed by atoms with E-state index in [9.17, 15) is 0 Å². The summed E-state index contributed by atoms with van der Waals surface area (Å²) in [5.74, 6) is 0. The lowest BCUT2D eigenvalue weighted by molar-refractivity contribution is 0.660. The highest BCUT2D eigenvalue weighted by molar-refractivity contribution is 5.87. The third-order valence-corrected chi connectivity index (χ3v) is 10.3. The first-order chi connectivity index (χ1) is 25.2. The minimum atomic E-state index is -0.147. The number of hydrogen-bond acceptors (Lipinski definition) is 2. The van der Waals surface area contributed by atoms with Crippen molar-refractivity contribution in [2.75, 3.05) is 9.80 Å². The van der Waals surface area contributed by atoms with E-state index >= 15 is 0 Å². The van der Waals surface area contributed by atoms with Crippen LogP contribution in [-0.4, -0.2) is 0 Å². The minimum absolute atomic E-state index is 0.147. The van der Waals surface area contributed by atoms with Crippen LogP contribution in [0.2, 0.25) is 0 Å². The van der Waals surface area contributed by atoms with Crippen LogP contribution in [-0.2, 0) is 5.41 Å². The summed E-state index contributed by atoms with van der Waals surface area (Å²) in [7, 11) is 0. The van der Waals surface area contributed by atoms with Gasteiger partial charge in [-0.25, -0.2) is 0 Å². The van der Waals surface area contributed by atoms with E-state index in [-0.39, 0.29) is 5.41 Å². The number of rotatable bonds is 8. The van der Waals surface area contributed by atoms with Crippen LogP contribution in [0.15, 0.2) is 164 Å². The fourth-order valence-corrected chi connectivity index (χ4v) is 7.73. The predicted molar refractivity (Wildman–Crippen MR) is 223 cm³/mol. The Labute approximate surface area is 309 Å². The molecule has 0 radical (unpaired) electrons. The SMILES string of the molecule is Cc1ccc(N(c2cc(C)cc(C)c2)c2ccc3c(c2)C(C)(C)c2cc(/C=C/c4ccc(N(c5ccccc5)c5ccccc5)cc4)ccc2-3)cc1. The lowest BCUT2D eigenvalue weighted by atomic mass is 9.81. The van der Waals surface area contributed by atoms with E-state index in [1.54, 1.807) is 0 Å². The topological polar surface area (TPSA) is 6.48 Å². The van der Waals surface area contributed by atoms with Crippen LogP contribution in [0, 0.1) is 20.8 Å². The molecule has 0 saturated carbocycles. The number of nitrogens with zero attached hydrogens (tertiary/aromatic N) is 2. The van der Waals surface area contributed by atoms with Gasteiger partial charge in [-0.05, 0) is 138 Å². The number of anilines is 6. The van der Waals surface area contributed by atoms with E-state index in [2.05, 4.69) is 220 Å². The number of fused-ring (bicyclic) bond motifs is 3. The van der Waals surface area contributed by atoms with Crippen LogP contribution in [0.25, 0.3) is 23.3 Å². The summed E-state index contributed by atoms with van der Waals surface area (Å²) in [5.41, 5.74) is 18.3. The van der Waals surface area contributed by atoms with Crippen molar-refractivity contribution in [2.45, 2.75) is 40.0 Å². The van der Waals surface area contributed by atoms with Gasteiger partial charge in [0.15, 0.2) is 0 Å². The second-order valence-corrected chi connectivity index (χ2v) is 14.6. The maximum Gasteiger partial charge on any atom is 0.0466 e. The molecule has 254 valence electrons. The minimum Gasteiger partial charge on any atom is -0.311 e. The first kappa shape index (κ1) is 33.0. The van der Waals surface area contributed by atoms with Gasteiger partial charge in [-0.3, -0.25) is 0 Å². The molecule has 52 heavy (non-hydrogen) atoms. The van der Waals surface area contributed by atoms with E-state index in [0.717, 1.165) is 22.7 Å². The van der Waals surface area contributed by atoms with Crippen molar-refractivity contribution in [3.05, 3.63) is 203 Å². The molecule has 2 nitrogen and oxygen atoms in total. The summed E-state index contributed by atoms with van der Waals surface area (Å²) in [6.07, 6.45) is 4.46. The molecule has 7 aromatic carbocycles. The molecular formula is C50H44N2. The van der Waals surface area contributed by atoms with Gasteiger partial charge in [-0.15, -0.1) is 0 Å². The van der Waals surface area contributed by atoms with Crippen LogP contribution >= 0.6 is 0 Å². The monoisotopic (exact) mass is 672 g/mol. The molecule has 0 amide bonds. The van der Waals surface area contributed by atoms with Crippen molar-refractivity contribution >= 4 is 46.3 Å². The van der Waals surface area contributed by atoms with E-state index < -0.39 is 0 Å². The quantitative estimate of drug-likeness (QED) is 0.148. The van der Waals surface area contributed by atoms with E-state index in [0.29, 0.717) is 0 Å². The Morgan fingerprint density at radius 3 is 1.40 bits per heavy atom. The fourth-order valence-electron chi connectivity index (χ4n) is 7.73. The average Bonchev–Trinajstić information content (AvgIpc) is 3.38. The molecule has 1 aliphatic rings. The fraction of sp³-hybridized carbons (Fsp3) is 0.120. The molecule has 0 spiro atoms. The molecule has 2 heteroatoms. The molecule has 0 unspecified atom stereocenters. The molecule has 0 heterocycles. The van der Waals surface area contributed by atoms with Gasteiger partial charge >= 0.3 is 0 Å². The molecule has 0 bridgehead atoms. The zero-order valence-electron chi connectivity index (χ0n) is 30.6. The Hall–Kier alpha value is -6.12. The Kier molecular flexibility index (Phi) is 8.61. The van der Waals surface area contributed by atoms with Gasteiger partial charge in [-0.1, -0.05) is 123 Å². The molecule has 0 fully saturated rings. The second-order valence-electron chi connectivity index (χ2n) is 14.6. The largest absolute Gasteiger partial charge is 0.311 e. The number of para-hydroxylation sites is 2. The normalized spacial score (nSPS) is 12.8. The van der Waals surface area contributed by atoms with Crippen LogP contribution in [0.5, 0.6) is 0 Å². The van der Waals surface area contributed by atoms with Gasteiger partial charge in [0.1, 0.15) is 0 Å². The molecule has 8 rings (SSSR count). The summed E-state index contributed by atoms with van der Waals surface area (Å²) in [5, 5.41) is 0. The highest BCUT2D eigenvalue weighted by Crippen LogP contribution is 2.51. The molecule has 7 aromatic rings. The van der Waals surface area contributed by atoms with Crippen LogP contribution < -0.4 is 9.80 Å². The van der Waals surface area contributed by atoms with Gasteiger partial charge < -0.3 is 9.80 Å². The third-order valence-electron chi connectivity index (χ3n) is 10.3. The first-order valence-corrected chi connectivity index (χ1v) is 18.2. The second kappa shape index (κ2) is 13.5. The Morgan fingerprint density at radius 1 is 0.365 bits per heavy atom. The highest BCUT2D eigenvalue weighted by Gasteiger charge is 2.36. The average molecular weight is 673 g/mol. The summed E-state index contributed by atoms with van der Waals surface area (Å²) in [6, 6.07) is 59.6. The predicted octanol–water partition coefficient (Wildman–Crippen LogP) is 14.0. The molecule has 1 aliphatic carbocycles. The van der Waals surface area contributed by atoms with Gasteiger partial charge in [0.05, 0.1) is 0 Å². The zero-order valence-corrected chi connectivity index (χ0v) is 30.6.